The molecule has 4 nitrogen and oxygen atoms in total. The van der Waals surface area contributed by atoms with Gasteiger partial charge in [-0.15, -0.1) is 0 Å². The molecule has 1 aromatic heterocycles. The number of anilines is 1. The van der Waals surface area contributed by atoms with Gasteiger partial charge in [-0.3, -0.25) is 14.3 Å². The fraction of sp³-hybridized carbons (Fsp3) is 0.182. The van der Waals surface area contributed by atoms with Crippen molar-refractivity contribution in [3.05, 3.63) is 39.8 Å². The van der Waals surface area contributed by atoms with Crippen LogP contribution in [0.15, 0.2) is 30.3 Å². The van der Waals surface area contributed by atoms with Crippen molar-refractivity contribution in [2.75, 3.05) is 11.4 Å². The molecule has 6 heteroatoms. The standard InChI is InChI=1S/C11H9N3OS2/c15-9(8-4-2-1-3-5-8)13-6-7-14-10(13)12-17-11(14)16/h1-5H,6-7H2. The van der Waals surface area contributed by atoms with E-state index in [9.17, 15) is 4.79 Å². The Morgan fingerprint density at radius 2 is 2.06 bits per heavy atom. The van der Waals surface area contributed by atoms with Gasteiger partial charge in [0.15, 0.2) is 3.95 Å². The Kier molecular flexibility index (Phi) is 2.53. The van der Waals surface area contributed by atoms with Gasteiger partial charge in [0.1, 0.15) is 0 Å². The lowest BCUT2D eigenvalue weighted by Gasteiger charge is -2.13. The van der Waals surface area contributed by atoms with E-state index in [1.54, 1.807) is 4.90 Å². The first-order valence-electron chi connectivity index (χ1n) is 5.21. The van der Waals surface area contributed by atoms with Crippen LogP contribution in [0.4, 0.5) is 5.95 Å². The molecular formula is C11H9N3OS2. The second-order valence-electron chi connectivity index (χ2n) is 3.72. The molecular weight excluding hydrogens is 254 g/mol. The van der Waals surface area contributed by atoms with Crippen molar-refractivity contribution in [2.24, 2.45) is 0 Å². The molecule has 3 rings (SSSR count). The summed E-state index contributed by atoms with van der Waals surface area (Å²) in [5.74, 6) is 0.658. The normalized spacial score (nSPS) is 13.8. The molecule has 1 aliphatic rings. The fourth-order valence-electron chi connectivity index (χ4n) is 1.88. The maximum absolute atomic E-state index is 12.3. The van der Waals surface area contributed by atoms with Gasteiger partial charge in [0, 0.05) is 18.7 Å². The summed E-state index contributed by atoms with van der Waals surface area (Å²) in [5.41, 5.74) is 0.680. The number of amides is 1. The molecule has 0 saturated heterocycles. The van der Waals surface area contributed by atoms with Crippen molar-refractivity contribution >= 4 is 35.6 Å². The average Bonchev–Trinajstić information content (AvgIpc) is 2.93. The van der Waals surface area contributed by atoms with E-state index in [1.807, 2.05) is 34.9 Å². The van der Waals surface area contributed by atoms with Gasteiger partial charge >= 0.3 is 0 Å². The lowest BCUT2D eigenvalue weighted by atomic mass is 10.2. The number of fused-ring (bicyclic) bond motifs is 1. The van der Waals surface area contributed by atoms with Gasteiger partial charge in [0.25, 0.3) is 5.91 Å². The molecule has 1 aromatic carbocycles. The summed E-state index contributed by atoms with van der Waals surface area (Å²) in [6, 6.07) is 9.23. The van der Waals surface area contributed by atoms with E-state index in [1.165, 1.54) is 11.5 Å². The van der Waals surface area contributed by atoms with E-state index in [4.69, 9.17) is 12.2 Å². The zero-order valence-corrected chi connectivity index (χ0v) is 10.5. The Morgan fingerprint density at radius 1 is 1.29 bits per heavy atom. The van der Waals surface area contributed by atoms with Crippen molar-refractivity contribution in [2.45, 2.75) is 6.54 Å². The molecule has 0 saturated carbocycles. The third-order valence-electron chi connectivity index (χ3n) is 2.72. The molecule has 1 aliphatic heterocycles. The molecule has 2 heterocycles. The lowest BCUT2D eigenvalue weighted by Crippen LogP contribution is -2.29. The van der Waals surface area contributed by atoms with Crippen LogP contribution in [0.2, 0.25) is 0 Å². The van der Waals surface area contributed by atoms with Crippen LogP contribution in [0.5, 0.6) is 0 Å². The zero-order chi connectivity index (χ0) is 11.8. The minimum absolute atomic E-state index is 0.0165. The largest absolute Gasteiger partial charge is 0.290 e. The average molecular weight is 263 g/mol. The topological polar surface area (TPSA) is 38.1 Å². The van der Waals surface area contributed by atoms with Crippen molar-refractivity contribution in [1.82, 2.24) is 8.94 Å². The molecule has 0 unspecified atom stereocenters. The number of carbonyl (C=O) groups is 1. The first-order chi connectivity index (χ1) is 8.27. The van der Waals surface area contributed by atoms with Crippen molar-refractivity contribution < 1.29 is 4.79 Å². The molecule has 2 aromatic rings. The van der Waals surface area contributed by atoms with Crippen LogP contribution in [-0.2, 0) is 6.54 Å². The van der Waals surface area contributed by atoms with Crippen LogP contribution in [0, 0.1) is 3.95 Å². The van der Waals surface area contributed by atoms with Gasteiger partial charge in [0.05, 0.1) is 0 Å². The van der Waals surface area contributed by atoms with E-state index in [-0.39, 0.29) is 5.91 Å². The van der Waals surface area contributed by atoms with Crippen molar-refractivity contribution in [3.63, 3.8) is 0 Å². The molecule has 1 amide bonds. The molecule has 0 spiro atoms. The number of carbonyl (C=O) groups excluding carboxylic acids is 1. The van der Waals surface area contributed by atoms with E-state index >= 15 is 0 Å². The molecule has 0 fully saturated rings. The molecule has 0 bridgehead atoms. The highest BCUT2D eigenvalue weighted by atomic mass is 32.2. The number of aromatic nitrogens is 2. The number of hydrogen-bond donors (Lipinski definition) is 0. The van der Waals surface area contributed by atoms with E-state index in [0.29, 0.717) is 18.1 Å². The Bertz CT molecular complexity index is 617. The number of rotatable bonds is 1. The first kappa shape index (κ1) is 10.6. The summed E-state index contributed by atoms with van der Waals surface area (Å²) in [6.07, 6.45) is 0. The number of benzene rings is 1. The summed E-state index contributed by atoms with van der Waals surface area (Å²) in [7, 11) is 0. The fourth-order valence-corrected chi connectivity index (χ4v) is 2.79. The predicted molar refractivity (Wildman–Crippen MR) is 69.1 cm³/mol. The quantitative estimate of drug-likeness (QED) is 0.741. The van der Waals surface area contributed by atoms with E-state index < -0.39 is 0 Å². The lowest BCUT2D eigenvalue weighted by molar-refractivity contribution is 0.0989. The summed E-state index contributed by atoms with van der Waals surface area (Å²) in [5, 5.41) is 0. The Hall–Kier alpha value is -1.53. The van der Waals surface area contributed by atoms with Crippen molar-refractivity contribution in [3.8, 4) is 0 Å². The number of nitrogens with zero attached hydrogens (tertiary/aromatic N) is 3. The highest BCUT2D eigenvalue weighted by Crippen LogP contribution is 2.24. The van der Waals surface area contributed by atoms with Gasteiger partial charge in [-0.25, -0.2) is 0 Å². The minimum atomic E-state index is -0.0165. The molecule has 17 heavy (non-hydrogen) atoms. The maximum atomic E-state index is 12.3. The molecule has 0 N–H and O–H groups in total. The Balaban J connectivity index is 1.98. The second kappa shape index (κ2) is 4.05. The van der Waals surface area contributed by atoms with Gasteiger partial charge in [0.2, 0.25) is 5.95 Å². The monoisotopic (exact) mass is 263 g/mol. The zero-order valence-electron chi connectivity index (χ0n) is 8.87. The predicted octanol–water partition coefficient (Wildman–Crippen LogP) is 2.33. The van der Waals surface area contributed by atoms with Crippen molar-refractivity contribution in [1.29, 1.82) is 0 Å². The summed E-state index contributed by atoms with van der Waals surface area (Å²) < 4.78 is 6.86. The third-order valence-corrected chi connectivity index (χ3v) is 3.80. The molecule has 0 radical (unpaired) electrons. The van der Waals surface area contributed by atoms with Crippen LogP contribution in [0.1, 0.15) is 10.4 Å². The minimum Gasteiger partial charge on any atom is -0.290 e. The Morgan fingerprint density at radius 3 is 2.82 bits per heavy atom. The van der Waals surface area contributed by atoms with E-state index in [2.05, 4.69) is 4.37 Å². The van der Waals surface area contributed by atoms with Crippen LogP contribution < -0.4 is 4.90 Å². The second-order valence-corrected chi connectivity index (χ2v) is 5.12. The maximum Gasteiger partial charge on any atom is 0.260 e. The molecule has 86 valence electrons. The van der Waals surface area contributed by atoms with Crippen LogP contribution >= 0.6 is 23.8 Å². The van der Waals surface area contributed by atoms with Gasteiger partial charge in [-0.1, -0.05) is 18.2 Å². The van der Waals surface area contributed by atoms with Crippen LogP contribution in [0.3, 0.4) is 0 Å². The summed E-state index contributed by atoms with van der Waals surface area (Å²) in [4.78, 5) is 13.9. The van der Waals surface area contributed by atoms with Crippen LogP contribution in [0.25, 0.3) is 0 Å². The molecule has 0 atom stereocenters. The first-order valence-corrected chi connectivity index (χ1v) is 6.39. The smallest absolute Gasteiger partial charge is 0.260 e. The van der Waals surface area contributed by atoms with Gasteiger partial charge < -0.3 is 0 Å². The van der Waals surface area contributed by atoms with E-state index in [0.717, 1.165) is 10.5 Å². The third kappa shape index (κ3) is 1.69. The van der Waals surface area contributed by atoms with Gasteiger partial charge in [-0.05, 0) is 35.9 Å². The summed E-state index contributed by atoms with van der Waals surface area (Å²) >= 11 is 6.41. The highest BCUT2D eigenvalue weighted by Gasteiger charge is 2.27. The molecule has 0 aliphatic carbocycles. The SMILES string of the molecule is O=C(c1ccccc1)N1CCn2c1nsc2=S. The highest BCUT2D eigenvalue weighted by molar-refractivity contribution is 7.73. The number of hydrogen-bond acceptors (Lipinski definition) is 4. The van der Waals surface area contributed by atoms with Gasteiger partial charge in [-0.2, -0.15) is 4.37 Å². The Labute approximate surface area is 107 Å². The summed E-state index contributed by atoms with van der Waals surface area (Å²) in [6.45, 7) is 1.39. The van der Waals surface area contributed by atoms with Crippen LogP contribution in [-0.4, -0.2) is 21.4 Å².